The summed E-state index contributed by atoms with van der Waals surface area (Å²) < 4.78 is 122. The topological polar surface area (TPSA) is 294 Å². The molecule has 3 atom stereocenters. The molecular weight excluding hydrogens is 1630 g/mol. The second-order valence-corrected chi connectivity index (χ2v) is 36.2. The number of sulfonamides is 3. The second kappa shape index (κ2) is 43.8. The molecule has 34 heteroatoms. The zero-order chi connectivity index (χ0) is 80.6. The molecule has 0 aromatic heterocycles. The van der Waals surface area contributed by atoms with Crippen LogP contribution in [-0.4, -0.2) is 242 Å². The summed E-state index contributed by atoms with van der Waals surface area (Å²) in [6.07, 6.45) is 1.16. The molecule has 112 heavy (non-hydrogen) atoms. The summed E-state index contributed by atoms with van der Waals surface area (Å²) in [5.41, 5.74) is 7.50. The number of nitrogens with one attached hydrogen (secondary N) is 6. The van der Waals surface area contributed by atoms with Crippen LogP contribution in [0.1, 0.15) is 106 Å². The van der Waals surface area contributed by atoms with E-state index in [1.807, 2.05) is 76.5 Å². The fourth-order valence-electron chi connectivity index (χ4n) is 14.2. The Labute approximate surface area is 689 Å². The molecular formula is C78H102Cl6N10O15S3. The Hall–Kier alpha value is -5.20. The molecule has 3 aliphatic rings. The molecule has 0 aliphatic carbocycles. The minimum Gasteiger partial charge on any atom is -0.378 e. The van der Waals surface area contributed by atoms with Gasteiger partial charge in [0.25, 0.3) is 0 Å². The number of benzene rings is 6. The number of hydrogen-bond acceptors (Lipinski definition) is 19. The standard InChI is InChI=1S/C78H102Cl6N10O15S3/c1-91(2)78(18-15-75(95)85-21-27-104-33-36-107-30-24-88-110(98,99)60-12-6-9-54(39-60)66-48-92(3)51-69-63(66)42-57(79)45-72(69)82,19-16-76(96)86-22-28-105-34-37-108-31-25-89-111(100,101)61-13-7-10-55(40-61)67-49-93(4)52-70-64(67)43-58(80)46-73(70)83)20-17-77(97)87-23-29-106-35-38-109-32-26-90-112(102,103)62-14-8-11-56(41-62)68-50-94(5)53-71-65(68)44-59(81)47-74(71)84/h6-14,39-47,66-68,88-90H,15-38,48-53H2,1-5H3,(H,85,95)(H,86,96)(H,87,97). The number of nitrogens with zero attached hydrogens (tertiary/aromatic N) is 4. The molecule has 0 bridgehead atoms. The summed E-state index contributed by atoms with van der Waals surface area (Å²) in [6, 6.07) is 31.4. The summed E-state index contributed by atoms with van der Waals surface area (Å²) in [7, 11) is -1.96. The van der Waals surface area contributed by atoms with Crippen molar-refractivity contribution in [1.29, 1.82) is 0 Å². The minimum atomic E-state index is -3.88. The number of halogens is 6. The van der Waals surface area contributed by atoms with Gasteiger partial charge in [0, 0.05) is 151 Å². The number of carbonyl (C=O) groups excluding carboxylic acids is 3. The first-order valence-electron chi connectivity index (χ1n) is 37.2. The molecule has 3 unspecified atom stereocenters. The fraction of sp³-hybridized carbons (Fsp3) is 0.500. The molecule has 6 N–H and O–H groups in total. The first-order chi connectivity index (χ1) is 53.5. The van der Waals surface area contributed by atoms with Crippen LogP contribution in [0.4, 0.5) is 0 Å². The molecule has 0 fully saturated rings. The third-order valence-electron chi connectivity index (χ3n) is 20.0. The fourth-order valence-corrected chi connectivity index (χ4v) is 19.1. The van der Waals surface area contributed by atoms with Crippen LogP contribution in [0, 0.1) is 0 Å². The molecule has 3 amide bonds. The van der Waals surface area contributed by atoms with Gasteiger partial charge < -0.3 is 64.0 Å². The summed E-state index contributed by atoms with van der Waals surface area (Å²) in [6.45, 7) is 6.52. The third kappa shape index (κ3) is 26.9. The lowest BCUT2D eigenvalue weighted by Crippen LogP contribution is -2.47. The maximum atomic E-state index is 13.4. The van der Waals surface area contributed by atoms with Gasteiger partial charge in [0.2, 0.25) is 47.8 Å². The van der Waals surface area contributed by atoms with Crippen molar-refractivity contribution in [1.82, 2.24) is 49.7 Å². The van der Waals surface area contributed by atoms with Crippen molar-refractivity contribution >= 4 is 117 Å². The number of carbonyl (C=O) groups is 3. The van der Waals surface area contributed by atoms with Crippen molar-refractivity contribution in [2.45, 2.75) is 96.1 Å². The van der Waals surface area contributed by atoms with E-state index in [0.29, 0.717) is 88.7 Å². The highest BCUT2D eigenvalue weighted by Gasteiger charge is 2.36. The lowest BCUT2D eigenvalue weighted by atomic mass is 9.82. The molecule has 6 aromatic rings. The first kappa shape index (κ1) is 90.7. The van der Waals surface area contributed by atoms with E-state index in [1.54, 1.807) is 72.8 Å². The average molecular weight is 1730 g/mol. The van der Waals surface area contributed by atoms with Crippen molar-refractivity contribution < 1.29 is 68.1 Å². The number of rotatable bonds is 46. The van der Waals surface area contributed by atoms with Crippen LogP contribution in [-0.2, 0) is 92.5 Å². The van der Waals surface area contributed by atoms with Gasteiger partial charge in [-0.1, -0.05) is 106 Å². The maximum Gasteiger partial charge on any atom is 0.240 e. The SMILES string of the molecule is CN1Cc2c(Cl)cc(Cl)cc2C(c2cccc(S(=O)(=O)NCCOCCOCCNC(=O)CCC(CCC(=O)NCCOCCOCCNS(=O)(=O)c3cccc(C4CN(C)Cc5c(Cl)cc(Cl)cc54)c3)(CCC(=O)NCCOCCOCCNS(=O)(=O)c3cccc(C4CN(C)Cc5c(Cl)cc(Cl)cc54)c3)N(C)C)c2)C1. The smallest absolute Gasteiger partial charge is 0.240 e. The molecule has 0 saturated carbocycles. The number of likely N-dealkylation sites (N-methyl/N-ethyl adjacent to an activating group) is 3. The van der Waals surface area contributed by atoms with Crippen molar-refractivity contribution in [2.75, 3.05) is 173 Å². The molecule has 9 rings (SSSR count). The summed E-state index contributed by atoms with van der Waals surface area (Å²) in [4.78, 5) is 49.0. The second-order valence-electron chi connectivity index (χ2n) is 28.4. The molecule has 6 aromatic carbocycles. The van der Waals surface area contributed by atoms with Crippen LogP contribution >= 0.6 is 69.6 Å². The van der Waals surface area contributed by atoms with Gasteiger partial charge in [-0.05, 0) is 177 Å². The first-order valence-corrected chi connectivity index (χ1v) is 43.9. The summed E-state index contributed by atoms with van der Waals surface area (Å²) >= 11 is 38.9. The molecule has 3 heterocycles. The quantitative estimate of drug-likeness (QED) is 0.0194. The highest BCUT2D eigenvalue weighted by molar-refractivity contribution is 7.90. The molecule has 0 saturated heterocycles. The van der Waals surface area contributed by atoms with Crippen molar-refractivity contribution in [3.05, 3.63) is 189 Å². The van der Waals surface area contributed by atoms with Crippen LogP contribution in [0.5, 0.6) is 0 Å². The Morgan fingerprint density at radius 2 is 0.652 bits per heavy atom. The van der Waals surface area contributed by atoms with Crippen molar-refractivity contribution in [2.24, 2.45) is 0 Å². The van der Waals surface area contributed by atoms with E-state index in [-0.39, 0.29) is 188 Å². The molecule has 614 valence electrons. The molecule has 3 aliphatic heterocycles. The number of amides is 3. The predicted octanol–water partition coefficient (Wildman–Crippen LogP) is 9.66. The van der Waals surface area contributed by atoms with Gasteiger partial charge in [0.1, 0.15) is 0 Å². The summed E-state index contributed by atoms with van der Waals surface area (Å²) in [5, 5.41) is 11.9. The Morgan fingerprint density at radius 3 is 0.911 bits per heavy atom. The van der Waals surface area contributed by atoms with Crippen LogP contribution in [0.2, 0.25) is 30.1 Å². The Morgan fingerprint density at radius 1 is 0.393 bits per heavy atom. The third-order valence-corrected chi connectivity index (χ3v) is 26.1. The van der Waals surface area contributed by atoms with Gasteiger partial charge in [-0.2, -0.15) is 0 Å². The minimum absolute atomic E-state index is 0.0247. The molecule has 25 nitrogen and oxygen atoms in total. The Kier molecular flexibility index (Phi) is 35.5. The molecule has 0 spiro atoms. The van der Waals surface area contributed by atoms with Crippen LogP contribution < -0.4 is 30.1 Å². The zero-order valence-electron chi connectivity index (χ0n) is 63.7. The van der Waals surface area contributed by atoms with Gasteiger partial charge in [-0.3, -0.25) is 14.4 Å². The highest BCUT2D eigenvalue weighted by Crippen LogP contribution is 2.43. The number of ether oxygens (including phenoxy) is 6. The van der Waals surface area contributed by atoms with Gasteiger partial charge >= 0.3 is 0 Å². The van der Waals surface area contributed by atoms with E-state index in [2.05, 4.69) is 44.8 Å². The van der Waals surface area contributed by atoms with Crippen molar-refractivity contribution in [3.63, 3.8) is 0 Å². The van der Waals surface area contributed by atoms with Crippen molar-refractivity contribution in [3.8, 4) is 0 Å². The lowest BCUT2D eigenvalue weighted by Gasteiger charge is -2.40. The predicted molar refractivity (Wildman–Crippen MR) is 437 cm³/mol. The molecule has 0 radical (unpaired) electrons. The lowest BCUT2D eigenvalue weighted by molar-refractivity contribution is -0.122. The monoisotopic (exact) mass is 1720 g/mol. The number of fused-ring (bicyclic) bond motifs is 3. The van der Waals surface area contributed by atoms with E-state index in [4.69, 9.17) is 98.0 Å². The Balaban J connectivity index is 0.668. The Bertz CT molecular complexity index is 4080. The normalized spacial score (nSPS) is 16.9. The highest BCUT2D eigenvalue weighted by atomic mass is 35.5. The van der Waals surface area contributed by atoms with E-state index < -0.39 is 35.6 Å². The van der Waals surface area contributed by atoms with E-state index in [9.17, 15) is 39.6 Å². The van der Waals surface area contributed by atoms with Crippen LogP contribution in [0.25, 0.3) is 0 Å². The van der Waals surface area contributed by atoms with Crippen LogP contribution in [0.3, 0.4) is 0 Å². The maximum absolute atomic E-state index is 13.4. The van der Waals surface area contributed by atoms with E-state index >= 15 is 0 Å². The van der Waals surface area contributed by atoms with E-state index in [0.717, 1.165) is 50.1 Å². The zero-order valence-corrected chi connectivity index (χ0v) is 70.7. The average Bonchev–Trinajstić information content (AvgIpc) is 0.780. The van der Waals surface area contributed by atoms with Gasteiger partial charge in [-0.25, -0.2) is 39.4 Å². The summed E-state index contributed by atoms with van der Waals surface area (Å²) in [5.74, 6) is -1.17. The van der Waals surface area contributed by atoms with Gasteiger partial charge in [0.05, 0.1) is 94.0 Å². The van der Waals surface area contributed by atoms with Gasteiger partial charge in [-0.15, -0.1) is 0 Å². The van der Waals surface area contributed by atoms with Gasteiger partial charge in [0.15, 0.2) is 0 Å². The number of hydrogen-bond donors (Lipinski definition) is 6. The largest absolute Gasteiger partial charge is 0.378 e. The van der Waals surface area contributed by atoms with Crippen LogP contribution in [0.15, 0.2) is 124 Å². The van der Waals surface area contributed by atoms with E-state index in [1.165, 1.54) is 0 Å².